The second-order valence-electron chi connectivity index (χ2n) is 7.70. The van der Waals surface area contributed by atoms with E-state index in [1.54, 1.807) is 19.1 Å². The fourth-order valence-corrected chi connectivity index (χ4v) is 5.32. The predicted molar refractivity (Wildman–Crippen MR) is 116 cm³/mol. The molecule has 0 saturated carbocycles. The first kappa shape index (κ1) is 22.2. The van der Waals surface area contributed by atoms with Crippen molar-refractivity contribution in [2.45, 2.75) is 44.9 Å². The maximum atomic E-state index is 13.4. The van der Waals surface area contributed by atoms with Crippen molar-refractivity contribution in [1.82, 2.24) is 14.8 Å². The lowest BCUT2D eigenvalue weighted by molar-refractivity contribution is -0.126. The van der Waals surface area contributed by atoms with E-state index in [-0.39, 0.29) is 29.0 Å². The molecular weight excluding hydrogens is 402 g/mol. The smallest absolute Gasteiger partial charge is 0.248 e. The molecule has 1 fully saturated rings. The number of benzene rings is 1. The van der Waals surface area contributed by atoms with E-state index < -0.39 is 10.0 Å². The third kappa shape index (κ3) is 4.99. The summed E-state index contributed by atoms with van der Waals surface area (Å²) in [5, 5.41) is 6.76. The van der Waals surface area contributed by atoms with Crippen molar-refractivity contribution in [3.05, 3.63) is 46.8 Å². The highest BCUT2D eigenvalue weighted by Crippen LogP contribution is 2.29. The van der Waals surface area contributed by atoms with Crippen LogP contribution in [0.25, 0.3) is 12.2 Å². The maximum Gasteiger partial charge on any atom is 0.248 e. The molecule has 162 valence electrons. The summed E-state index contributed by atoms with van der Waals surface area (Å²) < 4.78 is 33.5. The zero-order chi connectivity index (χ0) is 21.7. The van der Waals surface area contributed by atoms with E-state index in [0.29, 0.717) is 31.6 Å². The first-order valence-corrected chi connectivity index (χ1v) is 11.8. The molecule has 1 amide bonds. The van der Waals surface area contributed by atoms with Gasteiger partial charge in [0, 0.05) is 19.6 Å². The topological polar surface area (TPSA) is 92.5 Å². The van der Waals surface area contributed by atoms with Crippen molar-refractivity contribution in [3.63, 3.8) is 0 Å². The number of amides is 1. The van der Waals surface area contributed by atoms with E-state index in [9.17, 15) is 13.2 Å². The molecule has 0 bridgehead atoms. The van der Waals surface area contributed by atoms with Gasteiger partial charge >= 0.3 is 0 Å². The number of carbonyl (C=O) groups excluding carboxylic acids is 1. The minimum Gasteiger partial charge on any atom is -0.356 e. The first-order valence-electron chi connectivity index (χ1n) is 10.3. The van der Waals surface area contributed by atoms with Gasteiger partial charge in [0.15, 0.2) is 10.7 Å². The number of hydrogen-bond donors (Lipinski definition) is 1. The summed E-state index contributed by atoms with van der Waals surface area (Å²) >= 11 is 0. The monoisotopic (exact) mass is 431 g/mol. The minimum atomic E-state index is -3.83. The lowest BCUT2D eigenvalue weighted by atomic mass is 9.99. The fourth-order valence-electron chi connectivity index (χ4n) is 3.54. The van der Waals surface area contributed by atoms with Crippen molar-refractivity contribution in [2.24, 2.45) is 5.92 Å². The number of aromatic nitrogens is 1. The lowest BCUT2D eigenvalue weighted by Crippen LogP contribution is -2.45. The average Bonchev–Trinajstić information content (AvgIpc) is 3.13. The fraction of sp³-hybridized carbons (Fsp3) is 0.455. The molecule has 3 rings (SSSR count). The third-order valence-electron chi connectivity index (χ3n) is 5.24. The second-order valence-corrected chi connectivity index (χ2v) is 9.57. The van der Waals surface area contributed by atoms with Crippen molar-refractivity contribution < 1.29 is 17.7 Å². The molecule has 1 aromatic carbocycles. The summed E-state index contributed by atoms with van der Waals surface area (Å²) in [7, 11) is -3.83. The lowest BCUT2D eigenvalue weighted by Gasteiger charge is -2.31. The zero-order valence-electron chi connectivity index (χ0n) is 17.7. The highest BCUT2D eigenvalue weighted by molar-refractivity contribution is 7.89. The van der Waals surface area contributed by atoms with Gasteiger partial charge in [-0.3, -0.25) is 4.79 Å². The molecule has 1 atom stereocenters. The number of hydrogen-bond acceptors (Lipinski definition) is 5. The standard InChI is InChI=1S/C22H29N3O4S/c1-4-13-23-22(26)19-6-5-14-25(15-19)30(27,28)21-17(3)24-29-20(21)12-11-18-9-7-16(2)8-10-18/h7-12,19H,4-6,13-15H2,1-3H3,(H,23,26)/b12-11+/t19-/m0/s1. The third-order valence-corrected chi connectivity index (χ3v) is 7.26. The predicted octanol–water partition coefficient (Wildman–Crippen LogP) is 3.39. The van der Waals surface area contributed by atoms with Crippen LogP contribution >= 0.6 is 0 Å². The highest BCUT2D eigenvalue weighted by atomic mass is 32.2. The number of nitrogens with one attached hydrogen (secondary N) is 1. The van der Waals surface area contributed by atoms with Crippen LogP contribution in [0, 0.1) is 19.8 Å². The molecule has 0 spiro atoms. The summed E-state index contributed by atoms with van der Waals surface area (Å²) in [4.78, 5) is 12.4. The SMILES string of the molecule is CCCNC(=O)[C@H]1CCCN(S(=O)(=O)c2c(C)noc2/C=C/c2ccc(C)cc2)C1. The van der Waals surface area contributed by atoms with Gasteiger partial charge < -0.3 is 9.84 Å². The van der Waals surface area contributed by atoms with Crippen molar-refractivity contribution in [3.8, 4) is 0 Å². The molecule has 30 heavy (non-hydrogen) atoms. The first-order chi connectivity index (χ1) is 14.3. The summed E-state index contributed by atoms with van der Waals surface area (Å²) in [5.74, 6) is -0.226. The van der Waals surface area contributed by atoms with Gasteiger partial charge in [0.05, 0.1) is 5.92 Å². The summed E-state index contributed by atoms with van der Waals surface area (Å²) in [6, 6.07) is 7.88. The molecule has 1 aromatic heterocycles. The molecule has 2 aromatic rings. The van der Waals surface area contributed by atoms with Crippen LogP contribution < -0.4 is 5.32 Å². The normalized spacial score (nSPS) is 18.0. The zero-order valence-corrected chi connectivity index (χ0v) is 18.5. The molecule has 1 N–H and O–H groups in total. The van der Waals surface area contributed by atoms with Crippen LogP contribution in [0.4, 0.5) is 0 Å². The minimum absolute atomic E-state index is 0.0699. The Bertz CT molecular complexity index is 1010. The van der Waals surface area contributed by atoms with Crippen molar-refractivity contribution >= 4 is 28.1 Å². The van der Waals surface area contributed by atoms with Gasteiger partial charge in [-0.05, 0) is 44.7 Å². The molecule has 0 radical (unpaired) electrons. The molecule has 7 nitrogen and oxygen atoms in total. The number of piperidine rings is 1. The van der Waals surface area contributed by atoms with Crippen molar-refractivity contribution in [2.75, 3.05) is 19.6 Å². The molecule has 8 heteroatoms. The quantitative estimate of drug-likeness (QED) is 0.725. The molecule has 1 saturated heterocycles. The van der Waals surface area contributed by atoms with Crippen LogP contribution in [0.5, 0.6) is 0 Å². The van der Waals surface area contributed by atoms with E-state index in [1.165, 1.54) is 4.31 Å². The van der Waals surface area contributed by atoms with Crippen LogP contribution in [-0.2, 0) is 14.8 Å². The number of sulfonamides is 1. The van der Waals surface area contributed by atoms with Crippen LogP contribution in [0.3, 0.4) is 0 Å². The Hall–Kier alpha value is -2.45. The Kier molecular flexibility index (Phi) is 7.10. The molecule has 0 unspecified atom stereocenters. The Balaban J connectivity index is 1.83. The Morgan fingerprint density at radius 1 is 1.27 bits per heavy atom. The summed E-state index contributed by atoms with van der Waals surface area (Å²) in [6.07, 6.45) is 5.60. The largest absolute Gasteiger partial charge is 0.356 e. The Morgan fingerprint density at radius 3 is 2.70 bits per heavy atom. The van der Waals surface area contributed by atoms with Gasteiger partial charge in [0.2, 0.25) is 15.9 Å². The van der Waals surface area contributed by atoms with E-state index in [1.807, 2.05) is 38.1 Å². The molecule has 0 aliphatic carbocycles. The second kappa shape index (κ2) is 9.57. The molecule has 1 aliphatic heterocycles. The van der Waals surface area contributed by atoms with Crippen LogP contribution in [0.1, 0.15) is 48.8 Å². The molecular formula is C22H29N3O4S. The molecule has 1 aliphatic rings. The summed E-state index contributed by atoms with van der Waals surface area (Å²) in [5.41, 5.74) is 2.40. The van der Waals surface area contributed by atoms with Gasteiger partial charge in [-0.25, -0.2) is 8.42 Å². The van der Waals surface area contributed by atoms with Gasteiger partial charge in [-0.1, -0.05) is 48.0 Å². The van der Waals surface area contributed by atoms with Gasteiger partial charge in [0.1, 0.15) is 5.69 Å². The van der Waals surface area contributed by atoms with E-state index in [0.717, 1.165) is 17.5 Å². The van der Waals surface area contributed by atoms with Gasteiger partial charge in [0.25, 0.3) is 0 Å². The van der Waals surface area contributed by atoms with Crippen molar-refractivity contribution in [1.29, 1.82) is 0 Å². The maximum absolute atomic E-state index is 13.4. The van der Waals surface area contributed by atoms with E-state index >= 15 is 0 Å². The van der Waals surface area contributed by atoms with E-state index in [4.69, 9.17) is 4.52 Å². The van der Waals surface area contributed by atoms with Crippen LogP contribution in [0.15, 0.2) is 33.7 Å². The number of nitrogens with zero attached hydrogens (tertiary/aromatic N) is 2. The number of aryl methyl sites for hydroxylation is 2. The van der Waals surface area contributed by atoms with Crippen LogP contribution in [0.2, 0.25) is 0 Å². The molecule has 2 heterocycles. The Labute approximate surface area is 178 Å². The average molecular weight is 432 g/mol. The van der Waals surface area contributed by atoms with E-state index in [2.05, 4.69) is 10.5 Å². The van der Waals surface area contributed by atoms with Gasteiger partial charge in [-0.2, -0.15) is 4.31 Å². The van der Waals surface area contributed by atoms with Crippen LogP contribution in [-0.4, -0.2) is 43.4 Å². The van der Waals surface area contributed by atoms with Gasteiger partial charge in [-0.15, -0.1) is 0 Å². The highest BCUT2D eigenvalue weighted by Gasteiger charge is 2.36. The number of carbonyl (C=O) groups is 1. The summed E-state index contributed by atoms with van der Waals surface area (Å²) in [6.45, 7) is 6.76. The Morgan fingerprint density at radius 2 is 2.00 bits per heavy atom. The number of rotatable bonds is 7.